The number of nitrogens with one attached hydrogen (secondary N) is 1. The van der Waals surface area contributed by atoms with Gasteiger partial charge in [0.05, 0.1) is 6.61 Å². The van der Waals surface area contributed by atoms with Crippen molar-refractivity contribution in [3.8, 4) is 0 Å². The maximum atomic E-state index is 12.3. The number of hydrogen-bond donors (Lipinski definition) is 2. The molecule has 0 saturated heterocycles. The minimum atomic E-state index is -3.74. The average Bonchev–Trinajstić information content (AvgIpc) is 2.80. The van der Waals surface area contributed by atoms with Gasteiger partial charge in [-0.25, -0.2) is 18.1 Å². The quantitative estimate of drug-likeness (QED) is 0.819. The highest BCUT2D eigenvalue weighted by atomic mass is 32.2. The molecule has 7 heteroatoms. The summed E-state index contributed by atoms with van der Waals surface area (Å²) in [5.74, 6) is 0.610. The molecule has 2 aromatic rings. The first kappa shape index (κ1) is 15.7. The molecule has 0 amide bonds. The van der Waals surface area contributed by atoms with E-state index in [2.05, 4.69) is 9.71 Å². The lowest BCUT2D eigenvalue weighted by Crippen LogP contribution is -2.39. The minimum Gasteiger partial charge on any atom is -0.395 e. The monoisotopic (exact) mass is 309 g/mol. The van der Waals surface area contributed by atoms with Gasteiger partial charge in [0.25, 0.3) is 10.0 Å². The van der Waals surface area contributed by atoms with Crippen LogP contribution >= 0.6 is 0 Å². The third-order valence-electron chi connectivity index (χ3n) is 3.23. The maximum absolute atomic E-state index is 12.3. The van der Waals surface area contributed by atoms with E-state index in [1.807, 2.05) is 30.3 Å². The van der Waals surface area contributed by atoms with E-state index in [9.17, 15) is 13.5 Å². The Morgan fingerprint density at radius 3 is 2.52 bits per heavy atom. The zero-order valence-electron chi connectivity index (χ0n) is 12.0. The standard InChI is InChI=1S/C14H19N3O3S/c1-11-15-14(9-17(11)2)21(19,20)16-13(10-18)8-12-6-4-3-5-7-12/h3-7,9,13,16,18H,8,10H2,1-2H3. The molecule has 6 nitrogen and oxygen atoms in total. The smallest absolute Gasteiger partial charge is 0.259 e. The maximum Gasteiger partial charge on any atom is 0.259 e. The first-order valence-electron chi connectivity index (χ1n) is 6.59. The van der Waals surface area contributed by atoms with Crippen molar-refractivity contribution in [2.45, 2.75) is 24.4 Å². The van der Waals surface area contributed by atoms with Crippen LogP contribution in [0, 0.1) is 6.92 Å². The summed E-state index contributed by atoms with van der Waals surface area (Å²) in [5, 5.41) is 9.37. The molecule has 0 aliphatic carbocycles. The molecule has 0 aliphatic heterocycles. The molecule has 0 bridgehead atoms. The van der Waals surface area contributed by atoms with Gasteiger partial charge in [0, 0.05) is 19.3 Å². The highest BCUT2D eigenvalue weighted by molar-refractivity contribution is 7.89. The summed E-state index contributed by atoms with van der Waals surface area (Å²) < 4.78 is 28.7. The Kier molecular flexibility index (Phi) is 4.76. The molecule has 114 valence electrons. The first-order valence-corrected chi connectivity index (χ1v) is 8.08. The molecule has 1 aromatic heterocycles. The molecule has 0 spiro atoms. The Morgan fingerprint density at radius 2 is 2.00 bits per heavy atom. The van der Waals surface area contributed by atoms with E-state index >= 15 is 0 Å². The van der Waals surface area contributed by atoms with Crippen LogP contribution in [0.2, 0.25) is 0 Å². The summed E-state index contributed by atoms with van der Waals surface area (Å²) in [6.45, 7) is 1.45. The Morgan fingerprint density at radius 1 is 1.33 bits per heavy atom. The summed E-state index contributed by atoms with van der Waals surface area (Å²) in [6, 6.07) is 8.84. The van der Waals surface area contributed by atoms with Gasteiger partial charge in [-0.1, -0.05) is 30.3 Å². The zero-order valence-corrected chi connectivity index (χ0v) is 12.8. The molecular weight excluding hydrogens is 290 g/mol. The average molecular weight is 309 g/mol. The molecule has 1 heterocycles. The summed E-state index contributed by atoms with van der Waals surface area (Å²) >= 11 is 0. The van der Waals surface area contributed by atoms with Crippen LogP contribution in [0.4, 0.5) is 0 Å². The number of hydrogen-bond acceptors (Lipinski definition) is 4. The van der Waals surface area contributed by atoms with E-state index < -0.39 is 16.1 Å². The number of aryl methyl sites for hydroxylation is 2. The van der Waals surface area contributed by atoms with Crippen LogP contribution in [0.15, 0.2) is 41.6 Å². The lowest BCUT2D eigenvalue weighted by Gasteiger charge is -2.15. The SMILES string of the molecule is Cc1nc(S(=O)(=O)NC(CO)Cc2ccccc2)cn1C. The lowest BCUT2D eigenvalue weighted by atomic mass is 10.1. The number of aliphatic hydroxyl groups excluding tert-OH is 1. The highest BCUT2D eigenvalue weighted by Crippen LogP contribution is 2.10. The van der Waals surface area contributed by atoms with Gasteiger partial charge in [0.2, 0.25) is 0 Å². The van der Waals surface area contributed by atoms with Gasteiger partial charge in [0.15, 0.2) is 5.03 Å². The first-order chi connectivity index (χ1) is 9.92. The van der Waals surface area contributed by atoms with Gasteiger partial charge in [-0.2, -0.15) is 0 Å². The Balaban J connectivity index is 2.14. The van der Waals surface area contributed by atoms with Crippen LogP contribution in [-0.2, 0) is 23.5 Å². The van der Waals surface area contributed by atoms with Crippen LogP contribution in [0.25, 0.3) is 0 Å². The van der Waals surface area contributed by atoms with Crippen molar-refractivity contribution in [2.24, 2.45) is 7.05 Å². The fraction of sp³-hybridized carbons (Fsp3) is 0.357. The number of imidazole rings is 1. The molecule has 2 N–H and O–H groups in total. The van der Waals surface area contributed by atoms with E-state index in [4.69, 9.17) is 0 Å². The van der Waals surface area contributed by atoms with Crippen LogP contribution < -0.4 is 4.72 Å². The predicted octanol–water partition coefficient (Wildman–Crippen LogP) is 0.610. The van der Waals surface area contributed by atoms with Crippen LogP contribution in [0.1, 0.15) is 11.4 Å². The Labute approximate surface area is 124 Å². The lowest BCUT2D eigenvalue weighted by molar-refractivity contribution is 0.256. The van der Waals surface area contributed by atoms with E-state index in [1.165, 1.54) is 6.20 Å². The van der Waals surface area contributed by atoms with Crippen molar-refractivity contribution in [1.29, 1.82) is 0 Å². The topological polar surface area (TPSA) is 84.2 Å². The molecule has 0 fully saturated rings. The zero-order chi connectivity index (χ0) is 15.5. The number of sulfonamides is 1. The van der Waals surface area contributed by atoms with E-state index in [-0.39, 0.29) is 11.6 Å². The molecule has 1 atom stereocenters. The molecule has 21 heavy (non-hydrogen) atoms. The number of rotatable bonds is 6. The predicted molar refractivity (Wildman–Crippen MR) is 79.3 cm³/mol. The molecule has 1 aromatic carbocycles. The van der Waals surface area contributed by atoms with Crippen LogP contribution in [-0.4, -0.2) is 35.7 Å². The summed E-state index contributed by atoms with van der Waals surface area (Å²) in [6.07, 6.45) is 1.87. The largest absolute Gasteiger partial charge is 0.395 e. The summed E-state index contributed by atoms with van der Waals surface area (Å²) in [7, 11) is -2.00. The summed E-state index contributed by atoms with van der Waals surface area (Å²) in [5.41, 5.74) is 0.955. The molecule has 0 radical (unpaired) electrons. The fourth-order valence-corrected chi connectivity index (χ4v) is 3.24. The van der Waals surface area contributed by atoms with Gasteiger partial charge in [-0.3, -0.25) is 0 Å². The molecular formula is C14H19N3O3S. The van der Waals surface area contributed by atoms with E-state index in [1.54, 1.807) is 18.5 Å². The van der Waals surface area contributed by atoms with Crippen molar-refractivity contribution in [2.75, 3.05) is 6.61 Å². The normalized spacial score (nSPS) is 13.3. The van der Waals surface area contributed by atoms with Crippen molar-refractivity contribution in [1.82, 2.24) is 14.3 Å². The second kappa shape index (κ2) is 6.38. The number of benzene rings is 1. The third-order valence-corrected chi connectivity index (χ3v) is 4.62. The van der Waals surface area contributed by atoms with Gasteiger partial charge < -0.3 is 9.67 Å². The number of aliphatic hydroxyl groups is 1. The fourth-order valence-electron chi connectivity index (χ4n) is 1.98. The van der Waals surface area contributed by atoms with Gasteiger partial charge in [-0.05, 0) is 18.9 Å². The van der Waals surface area contributed by atoms with Crippen molar-refractivity contribution >= 4 is 10.0 Å². The van der Waals surface area contributed by atoms with E-state index in [0.29, 0.717) is 12.2 Å². The number of aromatic nitrogens is 2. The van der Waals surface area contributed by atoms with Crippen LogP contribution in [0.3, 0.4) is 0 Å². The van der Waals surface area contributed by atoms with Crippen molar-refractivity contribution in [3.63, 3.8) is 0 Å². The summed E-state index contributed by atoms with van der Waals surface area (Å²) in [4.78, 5) is 4.01. The number of nitrogens with zero attached hydrogens (tertiary/aromatic N) is 2. The second-order valence-electron chi connectivity index (χ2n) is 4.93. The van der Waals surface area contributed by atoms with Crippen molar-refractivity contribution < 1.29 is 13.5 Å². The second-order valence-corrected chi connectivity index (χ2v) is 6.59. The van der Waals surface area contributed by atoms with Gasteiger partial charge in [-0.15, -0.1) is 0 Å². The van der Waals surface area contributed by atoms with E-state index in [0.717, 1.165) is 5.56 Å². The Bertz CT molecular complexity index is 676. The van der Waals surface area contributed by atoms with Gasteiger partial charge >= 0.3 is 0 Å². The molecule has 1 unspecified atom stereocenters. The van der Waals surface area contributed by atoms with Crippen molar-refractivity contribution in [3.05, 3.63) is 47.9 Å². The minimum absolute atomic E-state index is 0.0333. The molecule has 2 rings (SSSR count). The highest BCUT2D eigenvalue weighted by Gasteiger charge is 2.22. The third kappa shape index (κ3) is 3.90. The van der Waals surface area contributed by atoms with Crippen LogP contribution in [0.5, 0.6) is 0 Å². The van der Waals surface area contributed by atoms with Gasteiger partial charge in [0.1, 0.15) is 5.82 Å². The molecule has 0 aliphatic rings. The molecule has 0 saturated carbocycles. The Hall–Kier alpha value is -1.70.